The second-order valence-corrected chi connectivity index (χ2v) is 0. The summed E-state index contributed by atoms with van der Waals surface area (Å²) in [5.74, 6) is 0. The van der Waals surface area contributed by atoms with E-state index in [0.717, 1.165) is 0 Å². The minimum atomic E-state index is 0. The van der Waals surface area contributed by atoms with Crippen molar-refractivity contribution in [1.29, 1.82) is 0 Å². The number of hydrogen-bond acceptors (Lipinski definition) is 3. The van der Waals surface area contributed by atoms with E-state index in [1.54, 1.807) is 0 Å². The zero-order chi connectivity index (χ0) is 2.00. The number of halogens is 1. The van der Waals surface area contributed by atoms with Crippen LogP contribution in [0.15, 0.2) is 0 Å². The normalized spacial score (nSPS) is 1.00. The first-order valence-corrected chi connectivity index (χ1v) is 3.09. The molecule has 0 bridgehead atoms. The van der Waals surface area contributed by atoms with Gasteiger partial charge in [0.1, 0.15) is 0 Å². The van der Waals surface area contributed by atoms with Crippen LogP contribution in [0.2, 0.25) is 0 Å². The Morgan fingerprint density at radius 2 is 0.800 bits per heavy atom. The largest absolute Gasteiger partial charge is 0.870 e. The predicted molar refractivity (Wildman–Crippen MR) is 11.7 cm³/mol. The van der Waals surface area contributed by atoms with E-state index in [2.05, 4.69) is 9.58 Å². The summed E-state index contributed by atoms with van der Waals surface area (Å²) in [5, 5.41) is 0. The van der Waals surface area contributed by atoms with Crippen LogP contribution < -0.4 is 0 Å². The van der Waals surface area contributed by atoms with Crippen molar-refractivity contribution in [2.75, 3.05) is 0 Å². The summed E-state index contributed by atoms with van der Waals surface area (Å²) >= 11 is 1.47. The minimum Gasteiger partial charge on any atom is -0.870 e. The fraction of sp³-hybridized carbons (Fsp3) is 0. The Kier molecular flexibility index (Phi) is 855. The molecule has 0 aliphatic carbocycles. The Balaban J connectivity index is -0.00000000167. The molecular formula is H3ClIrO3. The first kappa shape index (κ1) is 40.8. The van der Waals surface area contributed by atoms with Crippen LogP contribution in [-0.2, 0) is 17.9 Å². The van der Waals surface area contributed by atoms with Crippen molar-refractivity contribution in [3.8, 4) is 0 Å². The monoisotopic (exact) mass is 279 g/mol. The molecule has 0 rings (SSSR count). The van der Waals surface area contributed by atoms with Crippen molar-refractivity contribution in [3.05, 3.63) is 0 Å². The summed E-state index contributed by atoms with van der Waals surface area (Å²) in [5.41, 5.74) is 0. The molecule has 0 atom stereocenters. The van der Waals surface area contributed by atoms with Gasteiger partial charge >= 0.3 is 27.5 Å². The molecule has 0 aliphatic rings. The van der Waals surface area contributed by atoms with Crippen molar-refractivity contribution in [1.82, 2.24) is 0 Å². The molecule has 0 saturated carbocycles. The van der Waals surface area contributed by atoms with Crippen molar-refractivity contribution < 1.29 is 34.3 Å². The third-order valence-electron chi connectivity index (χ3n) is 0. The van der Waals surface area contributed by atoms with Gasteiger partial charge in [-0.25, -0.2) is 0 Å². The van der Waals surface area contributed by atoms with E-state index in [9.17, 15) is 0 Å². The van der Waals surface area contributed by atoms with Gasteiger partial charge in [-0.1, -0.05) is 0 Å². The molecule has 37 valence electrons. The summed E-state index contributed by atoms with van der Waals surface area (Å²) in [7, 11) is 4.64. The molecule has 0 aromatic heterocycles. The predicted octanol–water partition coefficient (Wildman–Crippen LogP) is 0.157. The SMILES string of the molecule is [Cl][Ir+3].[OH-].[OH-].[OH-]. The summed E-state index contributed by atoms with van der Waals surface area (Å²) in [6.07, 6.45) is 0. The standard InChI is InChI=1S/ClH.Ir.3H2O/h1H;;3*1H2/q;+4;;;/p-4. The van der Waals surface area contributed by atoms with Crippen molar-refractivity contribution in [3.63, 3.8) is 0 Å². The molecule has 0 spiro atoms. The molecule has 0 radical (unpaired) electrons. The maximum absolute atomic E-state index is 4.64. The van der Waals surface area contributed by atoms with Gasteiger partial charge in [0.2, 0.25) is 0 Å². The summed E-state index contributed by atoms with van der Waals surface area (Å²) < 4.78 is 0. The van der Waals surface area contributed by atoms with Crippen LogP contribution >= 0.6 is 9.58 Å². The third kappa shape index (κ3) is 57.1. The molecular weight excluding hydrogens is 276 g/mol. The average Bonchev–Trinajstić information content (AvgIpc) is 1.00. The van der Waals surface area contributed by atoms with Crippen LogP contribution in [0.5, 0.6) is 0 Å². The molecule has 3 N–H and O–H groups in total. The van der Waals surface area contributed by atoms with Crippen LogP contribution in [0.3, 0.4) is 0 Å². The summed E-state index contributed by atoms with van der Waals surface area (Å²) in [4.78, 5) is 0. The van der Waals surface area contributed by atoms with E-state index < -0.39 is 0 Å². The van der Waals surface area contributed by atoms with Crippen molar-refractivity contribution >= 4 is 9.58 Å². The fourth-order valence-electron chi connectivity index (χ4n) is 0. The maximum atomic E-state index is 4.64. The Hall–Kier alpha value is 0.819. The summed E-state index contributed by atoms with van der Waals surface area (Å²) in [6.45, 7) is 0. The topological polar surface area (TPSA) is 90.0 Å². The molecule has 0 amide bonds. The maximum Gasteiger partial charge on any atom is -0.870 e. The van der Waals surface area contributed by atoms with Gasteiger partial charge in [-0.15, -0.1) is 0 Å². The van der Waals surface area contributed by atoms with E-state index in [1.807, 2.05) is 0 Å². The fourth-order valence-corrected chi connectivity index (χ4v) is 0. The average molecular weight is 279 g/mol. The van der Waals surface area contributed by atoms with E-state index in [4.69, 9.17) is 0 Å². The van der Waals surface area contributed by atoms with E-state index in [1.165, 1.54) is 17.9 Å². The summed E-state index contributed by atoms with van der Waals surface area (Å²) in [6, 6.07) is 0. The molecule has 0 fully saturated rings. The second kappa shape index (κ2) is 105. The molecule has 0 aromatic rings. The first-order chi connectivity index (χ1) is 1.00. The number of rotatable bonds is 0. The van der Waals surface area contributed by atoms with E-state index in [0.29, 0.717) is 0 Å². The van der Waals surface area contributed by atoms with Crippen LogP contribution in [-0.4, -0.2) is 16.4 Å². The van der Waals surface area contributed by atoms with Crippen molar-refractivity contribution in [2.45, 2.75) is 0 Å². The number of hydrogen-bond donors (Lipinski definition) is 0. The molecule has 5 heavy (non-hydrogen) atoms. The first-order valence-electron chi connectivity index (χ1n) is 0.126. The Morgan fingerprint density at radius 1 is 0.800 bits per heavy atom. The molecule has 3 nitrogen and oxygen atoms in total. The minimum absolute atomic E-state index is 0. The van der Waals surface area contributed by atoms with Gasteiger partial charge in [0.15, 0.2) is 0 Å². The molecule has 0 aliphatic heterocycles. The Morgan fingerprint density at radius 3 is 0.800 bits per heavy atom. The molecule has 0 saturated heterocycles. The van der Waals surface area contributed by atoms with Crippen LogP contribution in [0.4, 0.5) is 0 Å². The Labute approximate surface area is 44.4 Å². The molecule has 0 aromatic carbocycles. The second-order valence-electron chi connectivity index (χ2n) is 0. The van der Waals surface area contributed by atoms with Crippen molar-refractivity contribution in [2.24, 2.45) is 0 Å². The van der Waals surface area contributed by atoms with Gasteiger partial charge in [-0.2, -0.15) is 0 Å². The van der Waals surface area contributed by atoms with Crippen LogP contribution in [0.25, 0.3) is 0 Å². The van der Waals surface area contributed by atoms with Crippen LogP contribution in [0.1, 0.15) is 0 Å². The third-order valence-corrected chi connectivity index (χ3v) is 0. The molecule has 0 heterocycles. The van der Waals surface area contributed by atoms with Gasteiger partial charge in [0.25, 0.3) is 0 Å². The quantitative estimate of drug-likeness (QED) is 0.632. The van der Waals surface area contributed by atoms with E-state index in [-0.39, 0.29) is 16.4 Å². The van der Waals surface area contributed by atoms with Gasteiger partial charge in [0, 0.05) is 0 Å². The van der Waals surface area contributed by atoms with E-state index >= 15 is 0 Å². The smallest absolute Gasteiger partial charge is 0.870 e. The Bertz CT molecular complexity index is 6.85. The van der Waals surface area contributed by atoms with Gasteiger partial charge in [-0.3, -0.25) is 0 Å². The van der Waals surface area contributed by atoms with Gasteiger partial charge in [0.05, 0.1) is 0 Å². The van der Waals surface area contributed by atoms with Crippen LogP contribution in [0, 0.1) is 0 Å². The molecule has 5 heteroatoms. The molecule has 0 unspecified atom stereocenters. The van der Waals surface area contributed by atoms with Gasteiger partial charge < -0.3 is 16.4 Å². The zero-order valence-corrected chi connectivity index (χ0v) is 5.20. The zero-order valence-electron chi connectivity index (χ0n) is 2.05. The van der Waals surface area contributed by atoms with Gasteiger partial charge in [-0.05, 0) is 0 Å².